The highest BCUT2D eigenvalue weighted by atomic mass is 32.2. The fraction of sp³-hybridized carbons (Fsp3) is 0.611. The minimum absolute atomic E-state index is 0.106. The molecule has 1 rings (SSSR count). The van der Waals surface area contributed by atoms with E-state index >= 15 is 0 Å². The normalized spacial score (nSPS) is 11.5. The Bertz CT molecular complexity index is 648. The average molecular weight is 399 g/mol. The molecule has 0 aromatic heterocycles. The van der Waals surface area contributed by atoms with E-state index in [-0.39, 0.29) is 16.8 Å². The van der Waals surface area contributed by atoms with Crippen LogP contribution in [0.3, 0.4) is 0 Å². The molecule has 0 aliphatic rings. The lowest BCUT2D eigenvalue weighted by molar-refractivity contribution is -0.137. The molecule has 0 aliphatic carbocycles. The van der Waals surface area contributed by atoms with Gasteiger partial charge in [0.15, 0.2) is 0 Å². The van der Waals surface area contributed by atoms with Gasteiger partial charge >= 0.3 is 13.1 Å². The van der Waals surface area contributed by atoms with E-state index in [1.807, 2.05) is 0 Å². The average Bonchev–Trinajstić information content (AvgIpc) is 2.62. The van der Waals surface area contributed by atoms with Crippen LogP contribution in [-0.4, -0.2) is 43.2 Å². The first-order valence-electron chi connectivity index (χ1n) is 9.50. The van der Waals surface area contributed by atoms with Crippen molar-refractivity contribution in [2.75, 3.05) is 6.54 Å². The fourth-order valence-electron chi connectivity index (χ4n) is 2.75. The second-order valence-electron chi connectivity index (χ2n) is 6.67. The van der Waals surface area contributed by atoms with Gasteiger partial charge in [-0.2, -0.15) is 0 Å². The predicted octanol–water partition coefficient (Wildman–Crippen LogP) is 1.63. The molecule has 0 saturated carbocycles. The molecular weight excluding hydrogens is 369 g/mol. The first-order chi connectivity index (χ1) is 12.8. The summed E-state index contributed by atoms with van der Waals surface area (Å²) in [5.74, 6) is -0.730. The number of hydrogen-bond acceptors (Lipinski definition) is 5. The zero-order chi connectivity index (χ0) is 20.1. The van der Waals surface area contributed by atoms with E-state index < -0.39 is 23.1 Å². The summed E-state index contributed by atoms with van der Waals surface area (Å²) in [7, 11) is -5.19. The summed E-state index contributed by atoms with van der Waals surface area (Å²) >= 11 is 0. The highest BCUT2D eigenvalue weighted by Gasteiger charge is 2.15. The van der Waals surface area contributed by atoms with Gasteiger partial charge in [-0.05, 0) is 30.4 Å². The Morgan fingerprint density at radius 2 is 1.33 bits per heavy atom. The number of aliphatic carboxylic acids is 1. The second kappa shape index (κ2) is 12.9. The van der Waals surface area contributed by atoms with E-state index in [2.05, 4.69) is 4.72 Å². The molecule has 0 fully saturated rings. The third-order valence-corrected chi connectivity index (χ3v) is 5.82. The van der Waals surface area contributed by atoms with Crippen LogP contribution >= 0.6 is 0 Å². The number of benzene rings is 1. The van der Waals surface area contributed by atoms with Gasteiger partial charge in [0.05, 0.1) is 4.90 Å². The monoisotopic (exact) mass is 399 g/mol. The zero-order valence-electron chi connectivity index (χ0n) is 15.6. The van der Waals surface area contributed by atoms with Gasteiger partial charge in [-0.15, -0.1) is 0 Å². The van der Waals surface area contributed by atoms with Crippen molar-refractivity contribution in [2.24, 2.45) is 0 Å². The highest BCUT2D eigenvalue weighted by Crippen LogP contribution is 2.11. The number of rotatable bonds is 15. The van der Waals surface area contributed by atoms with Gasteiger partial charge in [-0.1, -0.05) is 57.1 Å². The summed E-state index contributed by atoms with van der Waals surface area (Å²) in [4.78, 5) is 10.5. The molecule has 1 aromatic rings. The van der Waals surface area contributed by atoms with Crippen LogP contribution < -0.4 is 10.2 Å². The zero-order valence-corrected chi connectivity index (χ0v) is 16.5. The molecule has 0 bridgehead atoms. The number of carboxylic acids is 1. The molecule has 0 amide bonds. The number of unbranched alkanes of at least 4 members (excludes halogenated alkanes) is 8. The Morgan fingerprint density at radius 3 is 1.81 bits per heavy atom. The third-order valence-electron chi connectivity index (χ3n) is 4.35. The van der Waals surface area contributed by atoms with Crippen LogP contribution in [0, 0.1) is 0 Å². The van der Waals surface area contributed by atoms with Crippen LogP contribution in [0.15, 0.2) is 29.2 Å². The van der Waals surface area contributed by atoms with E-state index in [1.54, 1.807) is 0 Å². The van der Waals surface area contributed by atoms with Crippen molar-refractivity contribution < 1.29 is 28.4 Å². The van der Waals surface area contributed by atoms with E-state index in [4.69, 9.17) is 15.2 Å². The predicted molar refractivity (Wildman–Crippen MR) is 105 cm³/mol. The van der Waals surface area contributed by atoms with Crippen molar-refractivity contribution in [3.05, 3.63) is 24.3 Å². The number of carbonyl (C=O) groups is 1. The van der Waals surface area contributed by atoms with Gasteiger partial charge in [0, 0.05) is 13.0 Å². The van der Waals surface area contributed by atoms with Crippen molar-refractivity contribution >= 4 is 28.6 Å². The first-order valence-corrected chi connectivity index (χ1v) is 11.0. The summed E-state index contributed by atoms with van der Waals surface area (Å²) in [6, 6.07) is 5.46. The van der Waals surface area contributed by atoms with Gasteiger partial charge < -0.3 is 15.2 Å². The van der Waals surface area contributed by atoms with Gasteiger partial charge in [0.2, 0.25) is 10.0 Å². The van der Waals surface area contributed by atoms with Gasteiger partial charge in [0.25, 0.3) is 0 Å². The van der Waals surface area contributed by atoms with Crippen LogP contribution in [0.2, 0.25) is 0 Å². The van der Waals surface area contributed by atoms with Gasteiger partial charge in [-0.25, -0.2) is 13.1 Å². The van der Waals surface area contributed by atoms with Crippen LogP contribution in [-0.2, 0) is 14.8 Å². The maximum absolute atomic E-state index is 12.1. The minimum atomic E-state index is -3.57. The van der Waals surface area contributed by atoms with E-state index in [0.717, 1.165) is 57.8 Å². The maximum atomic E-state index is 12.1. The lowest BCUT2D eigenvalue weighted by Gasteiger charge is -2.08. The van der Waals surface area contributed by atoms with Crippen molar-refractivity contribution in [3.63, 3.8) is 0 Å². The number of nitrogens with one attached hydrogen (secondary N) is 1. The van der Waals surface area contributed by atoms with E-state index in [9.17, 15) is 13.2 Å². The standard InChI is InChI=1S/C18H30BNO6S/c21-18(22)10-8-6-4-2-1-3-5-7-9-15-20-27(25,26)17-13-11-16(12-14-17)19(23)24/h11-14,20,23-24H,1-10,15H2,(H,21,22). The number of hydrogen-bond donors (Lipinski definition) is 4. The molecular formula is C18H30BNO6S. The summed E-state index contributed by atoms with van der Waals surface area (Å²) in [5.41, 5.74) is 0.246. The molecule has 27 heavy (non-hydrogen) atoms. The third kappa shape index (κ3) is 10.5. The van der Waals surface area contributed by atoms with Crippen molar-refractivity contribution in [1.29, 1.82) is 0 Å². The molecule has 7 nitrogen and oxygen atoms in total. The second-order valence-corrected chi connectivity index (χ2v) is 8.43. The molecule has 4 N–H and O–H groups in total. The van der Waals surface area contributed by atoms with Gasteiger partial charge in [-0.3, -0.25) is 4.79 Å². The Kier molecular flexibility index (Phi) is 11.3. The lowest BCUT2D eigenvalue weighted by Crippen LogP contribution is -2.30. The Balaban J connectivity index is 2.08. The van der Waals surface area contributed by atoms with Gasteiger partial charge in [0.1, 0.15) is 0 Å². The minimum Gasteiger partial charge on any atom is -0.481 e. The Morgan fingerprint density at radius 1 is 0.852 bits per heavy atom. The largest absolute Gasteiger partial charge is 0.488 e. The van der Waals surface area contributed by atoms with Crippen LogP contribution in [0.5, 0.6) is 0 Å². The smallest absolute Gasteiger partial charge is 0.481 e. The quantitative estimate of drug-likeness (QED) is 0.263. The summed E-state index contributed by atoms with van der Waals surface area (Å²) in [5, 5.41) is 26.6. The molecule has 152 valence electrons. The Labute approximate surface area is 162 Å². The maximum Gasteiger partial charge on any atom is 0.488 e. The topological polar surface area (TPSA) is 124 Å². The molecule has 0 radical (unpaired) electrons. The van der Waals surface area contributed by atoms with Crippen molar-refractivity contribution in [2.45, 2.75) is 69.1 Å². The fourth-order valence-corrected chi connectivity index (χ4v) is 3.82. The van der Waals surface area contributed by atoms with Crippen LogP contribution in [0.25, 0.3) is 0 Å². The summed E-state index contributed by atoms with van der Waals surface area (Å²) < 4.78 is 26.8. The summed E-state index contributed by atoms with van der Waals surface area (Å²) in [6.45, 7) is 0.377. The SMILES string of the molecule is O=C(O)CCCCCCCCCCCNS(=O)(=O)c1ccc(B(O)O)cc1. The van der Waals surface area contributed by atoms with Crippen molar-refractivity contribution in [1.82, 2.24) is 4.72 Å². The van der Waals surface area contributed by atoms with E-state index in [0.29, 0.717) is 6.54 Å². The lowest BCUT2D eigenvalue weighted by atomic mass is 9.81. The highest BCUT2D eigenvalue weighted by molar-refractivity contribution is 7.89. The molecule has 9 heteroatoms. The first kappa shape index (κ1) is 23.6. The molecule has 0 aliphatic heterocycles. The number of sulfonamides is 1. The van der Waals surface area contributed by atoms with Crippen LogP contribution in [0.1, 0.15) is 64.2 Å². The molecule has 1 aromatic carbocycles. The molecule has 0 saturated heterocycles. The molecule has 0 heterocycles. The number of carboxylic acid groups (broad SMARTS) is 1. The van der Waals surface area contributed by atoms with Crippen LogP contribution in [0.4, 0.5) is 0 Å². The summed E-state index contributed by atoms with van der Waals surface area (Å²) in [6.07, 6.45) is 9.17. The van der Waals surface area contributed by atoms with E-state index in [1.165, 1.54) is 24.3 Å². The molecule has 0 atom stereocenters. The molecule has 0 unspecified atom stereocenters. The Hall–Kier alpha value is -1.42. The van der Waals surface area contributed by atoms with Crippen molar-refractivity contribution in [3.8, 4) is 0 Å². The molecule has 0 spiro atoms.